The van der Waals surface area contributed by atoms with Crippen LogP contribution in [0.3, 0.4) is 0 Å². The number of esters is 1. The van der Waals surface area contributed by atoms with Crippen LogP contribution in [0.5, 0.6) is 0 Å². The van der Waals surface area contributed by atoms with Crippen molar-refractivity contribution in [2.45, 2.75) is 101 Å². The monoisotopic (exact) mass is 825 g/mol. The summed E-state index contributed by atoms with van der Waals surface area (Å²) in [5.74, 6) is -3.63. The number of benzene rings is 2. The maximum absolute atomic E-state index is 16.0. The van der Waals surface area contributed by atoms with Crippen LogP contribution in [0, 0.1) is 5.82 Å². The van der Waals surface area contributed by atoms with Crippen molar-refractivity contribution in [1.29, 1.82) is 0 Å². The van der Waals surface area contributed by atoms with E-state index in [1.165, 1.54) is 62.6 Å². The average molecular weight is 826 g/mol. The van der Waals surface area contributed by atoms with E-state index in [2.05, 4.69) is 5.32 Å². The largest absolute Gasteiger partial charge is 0.457 e. The van der Waals surface area contributed by atoms with E-state index in [1.807, 2.05) is 25.1 Å². The summed E-state index contributed by atoms with van der Waals surface area (Å²) < 4.78 is 22.7. The van der Waals surface area contributed by atoms with Gasteiger partial charge in [-0.15, -0.1) is 0 Å². The van der Waals surface area contributed by atoms with E-state index in [-0.39, 0.29) is 42.9 Å². The van der Waals surface area contributed by atoms with Crippen LogP contribution < -0.4 is 5.32 Å². The number of Topliss-reactive ketones (excluding diaryl/α,β-unsaturated/α-hetero) is 1. The molecule has 18 heteroatoms. The highest BCUT2D eigenvalue weighted by atomic mass is 33.1. The number of anilines is 1. The molecule has 0 radical (unpaired) electrons. The second-order valence-corrected chi connectivity index (χ2v) is 21.1. The van der Waals surface area contributed by atoms with Crippen LogP contribution in [-0.2, 0) is 50.8 Å². The normalized spacial score (nSPS) is 41.2. The van der Waals surface area contributed by atoms with Gasteiger partial charge in [0.15, 0.2) is 15.8 Å². The van der Waals surface area contributed by atoms with Crippen molar-refractivity contribution < 1.29 is 43.0 Å². The molecule has 0 unspecified atom stereocenters. The molecule has 4 amide bonds. The lowest BCUT2D eigenvalue weighted by atomic mass is 9.51. The van der Waals surface area contributed by atoms with E-state index in [0.717, 1.165) is 37.9 Å². The summed E-state index contributed by atoms with van der Waals surface area (Å²) >= 11 is 0. The Hall–Kier alpha value is -3.45. The van der Waals surface area contributed by atoms with E-state index in [4.69, 9.17) is 4.74 Å². The molecule has 10 aliphatic rings. The number of amides is 4. The van der Waals surface area contributed by atoms with Crippen molar-refractivity contribution >= 4 is 84.2 Å². The fourth-order valence-corrected chi connectivity index (χ4v) is 18.8. The standard InChI is InChI=1S/C37H36FN5O8S4/c1-6-33-29(48)42-23-15-18-9-7-8-10-20(18)34(23,25(46)36(42,54-53-33)30(49)41(33)5)35-21-16-19(38)12-13-22(21)39-27(35)43-28(47)32(3)40(4)31(50)37(43,55-52-32)26(35)51-24(45)14-11-17(2)44/h7-10,12-13,16,23,25-27,39,46H,6,11,14-15H2,1-5H3/t23-,25-,26-,27+,32-,33-,34-,35+,36-,37-/m0/s1. The lowest BCUT2D eigenvalue weighted by Crippen LogP contribution is -2.77. The lowest BCUT2D eigenvalue weighted by Gasteiger charge is -2.59. The second-order valence-electron chi connectivity index (χ2n) is 15.8. The molecular formula is C37H36FN5O8S4. The lowest BCUT2D eigenvalue weighted by molar-refractivity contribution is -0.173. The number of nitrogens with zero attached hydrogens (tertiary/aromatic N) is 4. The number of carbonyl (C=O) groups excluding carboxylic acids is 6. The van der Waals surface area contributed by atoms with Gasteiger partial charge in [0, 0.05) is 26.2 Å². The number of nitrogens with one attached hydrogen (secondary N) is 1. The van der Waals surface area contributed by atoms with E-state index in [9.17, 15) is 19.5 Å². The van der Waals surface area contributed by atoms with Crippen molar-refractivity contribution in [3.63, 3.8) is 0 Å². The summed E-state index contributed by atoms with van der Waals surface area (Å²) in [6, 6.07) is 10.4. The van der Waals surface area contributed by atoms with Gasteiger partial charge in [-0.05, 0) is 83.2 Å². The number of aliphatic hydroxyl groups excluding tert-OH is 1. The Morgan fingerprint density at radius 1 is 0.891 bits per heavy atom. The molecule has 13 nitrogen and oxygen atoms in total. The SMILES string of the molecule is CC[C@@]12SS[C@]3(C(=O)N1C)[C@@H](O)[C@]1([C@@]45c6cc(F)ccc6N[C@@H]4N4C(=O)[C@]6(C)SS[C@]4(C(=O)N6C)[C@H]5OC(=O)CCC(C)=O)c4ccccc4C[C@@H]1N3C2=O. The molecule has 2 aromatic rings. The molecule has 1 aliphatic carbocycles. The Balaban J connectivity index is 1.35. The quantitative estimate of drug-likeness (QED) is 0.324. The average Bonchev–Trinajstić information content (AvgIpc) is 3.81. The van der Waals surface area contributed by atoms with E-state index >= 15 is 18.8 Å². The molecule has 2 spiro atoms. The minimum atomic E-state index is -1.96. The smallest absolute Gasteiger partial charge is 0.306 e. The number of carbonyl (C=O) groups is 6. The van der Waals surface area contributed by atoms with Gasteiger partial charge in [-0.1, -0.05) is 52.8 Å². The topological polar surface area (TPSA) is 157 Å². The van der Waals surface area contributed by atoms with Crippen molar-refractivity contribution in [3.05, 3.63) is 65.0 Å². The number of ketones is 1. The molecule has 9 aliphatic heterocycles. The first-order valence-electron chi connectivity index (χ1n) is 18.1. The highest BCUT2D eigenvalue weighted by Crippen LogP contribution is 2.79. The van der Waals surface area contributed by atoms with E-state index in [1.54, 1.807) is 20.0 Å². The number of piperazine rings is 2. The summed E-state index contributed by atoms with van der Waals surface area (Å²) in [6.45, 7) is 4.81. The summed E-state index contributed by atoms with van der Waals surface area (Å²) in [7, 11) is 7.65. The Bertz CT molecular complexity index is 2240. The van der Waals surface area contributed by atoms with Gasteiger partial charge in [-0.25, -0.2) is 4.39 Å². The molecule has 0 aromatic heterocycles. The first-order valence-corrected chi connectivity index (χ1v) is 22.4. The zero-order valence-electron chi connectivity index (χ0n) is 30.3. The molecule has 9 heterocycles. The van der Waals surface area contributed by atoms with Crippen LogP contribution in [0.4, 0.5) is 10.1 Å². The van der Waals surface area contributed by atoms with Crippen LogP contribution >= 0.6 is 43.2 Å². The van der Waals surface area contributed by atoms with Gasteiger partial charge in [-0.2, -0.15) is 0 Å². The van der Waals surface area contributed by atoms with Gasteiger partial charge >= 0.3 is 5.97 Å². The van der Waals surface area contributed by atoms with Crippen molar-refractivity contribution in [1.82, 2.24) is 19.6 Å². The van der Waals surface area contributed by atoms with E-state index in [0.29, 0.717) is 11.3 Å². The van der Waals surface area contributed by atoms with Gasteiger partial charge in [0.1, 0.15) is 23.9 Å². The van der Waals surface area contributed by atoms with Gasteiger partial charge in [0.05, 0.1) is 23.3 Å². The minimum Gasteiger partial charge on any atom is -0.457 e. The third-order valence-electron chi connectivity index (χ3n) is 13.7. The predicted octanol–water partition coefficient (Wildman–Crippen LogP) is 2.95. The summed E-state index contributed by atoms with van der Waals surface area (Å²) in [4.78, 5) is 86.0. The first-order chi connectivity index (χ1) is 26.1. The zero-order chi connectivity index (χ0) is 39.0. The highest BCUT2D eigenvalue weighted by molar-refractivity contribution is 8.78. The molecule has 55 heavy (non-hydrogen) atoms. The van der Waals surface area contributed by atoms with Gasteiger partial charge in [-0.3, -0.25) is 28.9 Å². The molecule has 8 fully saturated rings. The van der Waals surface area contributed by atoms with Crippen LogP contribution in [-0.4, -0.2) is 118 Å². The van der Waals surface area contributed by atoms with Gasteiger partial charge in [0.25, 0.3) is 23.6 Å². The molecule has 4 bridgehead atoms. The molecule has 12 rings (SSSR count). The van der Waals surface area contributed by atoms with Crippen molar-refractivity contribution in [2.75, 3.05) is 19.4 Å². The minimum absolute atomic E-state index is 0.159. The molecule has 10 atom stereocenters. The molecule has 2 aromatic carbocycles. The van der Waals surface area contributed by atoms with Crippen LogP contribution in [0.2, 0.25) is 0 Å². The van der Waals surface area contributed by atoms with Crippen LogP contribution in [0.1, 0.15) is 56.7 Å². The second kappa shape index (κ2) is 10.9. The Kier molecular flexibility index (Phi) is 7.14. The third kappa shape index (κ3) is 3.54. The molecular weight excluding hydrogens is 790 g/mol. The molecule has 0 saturated carbocycles. The number of rotatable bonds is 6. The number of ether oxygens (including phenoxy) is 1. The molecule has 8 saturated heterocycles. The van der Waals surface area contributed by atoms with Crippen LogP contribution in [0.15, 0.2) is 42.5 Å². The van der Waals surface area contributed by atoms with Crippen molar-refractivity contribution in [3.8, 4) is 0 Å². The van der Waals surface area contributed by atoms with Crippen LogP contribution in [0.25, 0.3) is 0 Å². The van der Waals surface area contributed by atoms with Gasteiger partial charge < -0.3 is 34.7 Å². The molecule has 2 N–H and O–H groups in total. The summed E-state index contributed by atoms with van der Waals surface area (Å²) in [6.07, 6.45) is -4.71. The first kappa shape index (κ1) is 35.9. The number of halogens is 1. The summed E-state index contributed by atoms with van der Waals surface area (Å²) in [5, 5.41) is 17.2. The van der Waals surface area contributed by atoms with E-state index < -0.39 is 84.2 Å². The van der Waals surface area contributed by atoms with Crippen molar-refractivity contribution in [2.24, 2.45) is 0 Å². The molecule has 288 valence electrons. The Morgan fingerprint density at radius 2 is 1.60 bits per heavy atom. The predicted molar refractivity (Wildman–Crippen MR) is 203 cm³/mol. The fourth-order valence-electron chi connectivity index (χ4n) is 11.2. The summed E-state index contributed by atoms with van der Waals surface area (Å²) in [5.41, 5.74) is -1.84. The zero-order valence-corrected chi connectivity index (χ0v) is 33.6. The number of hydrogen-bond donors (Lipinski definition) is 2. The third-order valence-corrected chi connectivity index (χ3v) is 21.2. The maximum Gasteiger partial charge on any atom is 0.306 e. The Morgan fingerprint density at radius 3 is 2.33 bits per heavy atom. The number of aliphatic hydroxyl groups is 1. The van der Waals surface area contributed by atoms with Gasteiger partial charge in [0.2, 0.25) is 9.74 Å². The Labute approximate surface area is 330 Å². The number of hydrogen-bond acceptors (Lipinski definition) is 13. The highest BCUT2D eigenvalue weighted by Gasteiger charge is 2.93. The number of fused-ring (bicyclic) bond motifs is 11. The maximum atomic E-state index is 16.0. The fraction of sp³-hybridized carbons (Fsp3) is 0.514. The number of likely N-dealkylation sites (N-methyl/N-ethyl adjacent to an activating group) is 2.